The number of nitrogens with zero attached hydrogens (tertiary/aromatic N) is 3. The van der Waals surface area contributed by atoms with Crippen molar-refractivity contribution in [3.05, 3.63) is 42.0 Å². The van der Waals surface area contributed by atoms with Crippen molar-refractivity contribution in [3.8, 4) is 0 Å². The highest BCUT2D eigenvalue weighted by Gasteiger charge is 2.44. The minimum absolute atomic E-state index is 0.153. The number of alkyl halides is 2. The Morgan fingerprint density at radius 1 is 0.951 bits per heavy atom. The van der Waals surface area contributed by atoms with E-state index in [9.17, 15) is 22.0 Å². The molecule has 3 fully saturated rings. The van der Waals surface area contributed by atoms with Crippen LogP contribution in [-0.2, 0) is 10.0 Å². The first-order valence-electron chi connectivity index (χ1n) is 13.9. The van der Waals surface area contributed by atoms with E-state index in [2.05, 4.69) is 20.1 Å². The number of hydrogen-bond acceptors (Lipinski definition) is 8. The largest absolute Gasteiger partial charge is 0.395 e. The molecule has 6 rings (SSSR count). The Balaban J connectivity index is 1.26. The molecule has 1 aromatic heterocycles. The van der Waals surface area contributed by atoms with Gasteiger partial charge in [-0.3, -0.25) is 9.52 Å². The van der Waals surface area contributed by atoms with Gasteiger partial charge in [-0.2, -0.15) is 0 Å². The number of aromatic nitrogens is 1. The summed E-state index contributed by atoms with van der Waals surface area (Å²) in [5.74, 6) is -3.01. The summed E-state index contributed by atoms with van der Waals surface area (Å²) in [5.41, 5.74) is 2.73. The Morgan fingerprint density at radius 2 is 1.63 bits per heavy atom. The van der Waals surface area contributed by atoms with Gasteiger partial charge < -0.3 is 24.7 Å². The van der Waals surface area contributed by atoms with E-state index in [-0.39, 0.29) is 31.8 Å². The number of halogens is 2. The second-order valence-electron chi connectivity index (χ2n) is 11.4. The smallest absolute Gasteiger partial charge is 0.257 e. The summed E-state index contributed by atoms with van der Waals surface area (Å²) in [6, 6.07) is 9.89. The standard InChI is InChI=1S/C28H33F2N5O5S/c29-28(30)9-13-35(14-10-28)25-22-17-19(2-4-24(22)40-32-25)31-26(37)21-3-1-20(33-41(38,39)16-15-36)18-23(21)34-11-7-27(5-6-27)8-12-34/h1-4,17-18,33,36H,5-16H2,(H,31,37). The number of carbonyl (C=O) groups excluding carboxylic acids is 1. The fourth-order valence-corrected chi connectivity index (χ4v) is 6.60. The van der Waals surface area contributed by atoms with Crippen molar-refractivity contribution < 1.29 is 31.6 Å². The van der Waals surface area contributed by atoms with Crippen LogP contribution < -0.4 is 19.8 Å². The minimum atomic E-state index is -3.74. The average molecular weight is 590 g/mol. The fourth-order valence-electron chi connectivity index (χ4n) is 5.77. The molecule has 3 heterocycles. The number of anilines is 4. The molecule has 10 nitrogen and oxygen atoms in total. The van der Waals surface area contributed by atoms with Crippen molar-refractivity contribution in [1.82, 2.24) is 5.16 Å². The summed E-state index contributed by atoms with van der Waals surface area (Å²) in [6.45, 7) is 1.33. The van der Waals surface area contributed by atoms with Crippen molar-refractivity contribution in [3.63, 3.8) is 0 Å². The molecular weight excluding hydrogens is 556 g/mol. The molecule has 0 unspecified atom stereocenters. The third kappa shape index (κ3) is 5.96. The molecule has 41 heavy (non-hydrogen) atoms. The maximum atomic E-state index is 13.7. The van der Waals surface area contributed by atoms with Gasteiger partial charge in [-0.05, 0) is 67.5 Å². The van der Waals surface area contributed by atoms with Crippen molar-refractivity contribution >= 4 is 49.8 Å². The highest BCUT2D eigenvalue weighted by Crippen LogP contribution is 2.54. The lowest BCUT2D eigenvalue weighted by Crippen LogP contribution is -2.39. The molecule has 1 spiro atoms. The molecule has 3 aliphatic rings. The molecule has 2 aromatic carbocycles. The van der Waals surface area contributed by atoms with Crippen LogP contribution in [0, 0.1) is 5.41 Å². The maximum Gasteiger partial charge on any atom is 0.257 e. The molecule has 220 valence electrons. The zero-order valence-corrected chi connectivity index (χ0v) is 23.4. The van der Waals surface area contributed by atoms with E-state index < -0.39 is 28.3 Å². The van der Waals surface area contributed by atoms with Gasteiger partial charge in [0.1, 0.15) is 0 Å². The number of aliphatic hydroxyl groups excluding tert-OH is 1. The highest BCUT2D eigenvalue weighted by molar-refractivity contribution is 7.92. The first-order chi connectivity index (χ1) is 19.6. The lowest BCUT2D eigenvalue weighted by molar-refractivity contribution is -0.0222. The van der Waals surface area contributed by atoms with Crippen LogP contribution in [0.4, 0.5) is 31.7 Å². The molecule has 3 aromatic rings. The van der Waals surface area contributed by atoms with Crippen LogP contribution in [-0.4, -0.2) is 69.0 Å². The molecule has 3 N–H and O–H groups in total. The highest BCUT2D eigenvalue weighted by atomic mass is 32.2. The number of fused-ring (bicyclic) bond motifs is 1. The quantitative estimate of drug-likeness (QED) is 0.352. The molecule has 1 amide bonds. The molecule has 1 aliphatic carbocycles. The number of amides is 1. The van der Waals surface area contributed by atoms with Crippen molar-refractivity contribution in [2.24, 2.45) is 5.41 Å². The van der Waals surface area contributed by atoms with Crippen LogP contribution in [0.1, 0.15) is 48.9 Å². The zero-order valence-electron chi connectivity index (χ0n) is 22.5. The Morgan fingerprint density at radius 3 is 2.32 bits per heavy atom. The molecule has 1 saturated carbocycles. The topological polar surface area (TPSA) is 128 Å². The van der Waals surface area contributed by atoms with Crippen LogP contribution in [0.3, 0.4) is 0 Å². The first kappa shape index (κ1) is 27.7. The van der Waals surface area contributed by atoms with Crippen LogP contribution in [0.5, 0.6) is 0 Å². The van der Waals surface area contributed by atoms with E-state index in [1.165, 1.54) is 18.9 Å². The SMILES string of the molecule is O=C(Nc1ccc2onc(N3CCC(F)(F)CC3)c2c1)c1ccc(NS(=O)(=O)CCO)cc1N1CCC2(CC1)CC2. The van der Waals surface area contributed by atoms with E-state index >= 15 is 0 Å². The predicted octanol–water partition coefficient (Wildman–Crippen LogP) is 4.43. The number of nitrogens with one attached hydrogen (secondary N) is 2. The van der Waals surface area contributed by atoms with Gasteiger partial charge in [0, 0.05) is 44.7 Å². The third-order valence-electron chi connectivity index (χ3n) is 8.50. The fraction of sp³-hybridized carbons (Fsp3) is 0.500. The van der Waals surface area contributed by atoms with Gasteiger partial charge in [-0.15, -0.1) is 0 Å². The Hall–Kier alpha value is -3.45. The lowest BCUT2D eigenvalue weighted by Gasteiger charge is -2.35. The van der Waals surface area contributed by atoms with Gasteiger partial charge in [0.2, 0.25) is 10.0 Å². The summed E-state index contributed by atoms with van der Waals surface area (Å²) in [6.07, 6.45) is 3.97. The predicted molar refractivity (Wildman–Crippen MR) is 152 cm³/mol. The average Bonchev–Trinajstić information content (AvgIpc) is 3.55. The van der Waals surface area contributed by atoms with E-state index in [4.69, 9.17) is 9.63 Å². The number of piperidine rings is 2. The summed E-state index contributed by atoms with van der Waals surface area (Å²) < 4.78 is 59.8. The van der Waals surface area contributed by atoms with Gasteiger partial charge in [-0.1, -0.05) is 5.16 Å². The van der Waals surface area contributed by atoms with Crippen LogP contribution in [0.2, 0.25) is 0 Å². The van der Waals surface area contributed by atoms with Gasteiger partial charge in [0.25, 0.3) is 11.8 Å². The van der Waals surface area contributed by atoms with Gasteiger partial charge in [0.05, 0.1) is 34.7 Å². The Bertz CT molecular complexity index is 1550. The van der Waals surface area contributed by atoms with Gasteiger partial charge in [-0.25, -0.2) is 17.2 Å². The normalized spacial score (nSPS) is 19.9. The zero-order chi connectivity index (χ0) is 28.8. The number of aliphatic hydroxyl groups is 1. The Kier molecular flexibility index (Phi) is 7.05. The van der Waals surface area contributed by atoms with E-state index in [0.717, 1.165) is 25.9 Å². The summed E-state index contributed by atoms with van der Waals surface area (Å²) in [4.78, 5) is 17.5. The monoisotopic (exact) mass is 589 g/mol. The van der Waals surface area contributed by atoms with Crippen LogP contribution in [0.25, 0.3) is 11.0 Å². The molecule has 0 bridgehead atoms. The lowest BCUT2D eigenvalue weighted by atomic mass is 9.93. The van der Waals surface area contributed by atoms with Gasteiger partial charge >= 0.3 is 0 Å². The number of rotatable bonds is 8. The van der Waals surface area contributed by atoms with Crippen LogP contribution in [0.15, 0.2) is 40.9 Å². The van der Waals surface area contributed by atoms with E-state index in [0.29, 0.717) is 44.8 Å². The van der Waals surface area contributed by atoms with Crippen molar-refractivity contribution in [2.75, 3.05) is 58.4 Å². The maximum absolute atomic E-state index is 13.7. The van der Waals surface area contributed by atoms with E-state index in [1.54, 1.807) is 35.2 Å². The molecule has 2 saturated heterocycles. The van der Waals surface area contributed by atoms with Crippen molar-refractivity contribution in [1.29, 1.82) is 0 Å². The molecule has 0 radical (unpaired) electrons. The van der Waals surface area contributed by atoms with Crippen molar-refractivity contribution in [2.45, 2.75) is 44.4 Å². The second-order valence-corrected chi connectivity index (χ2v) is 13.2. The number of carbonyl (C=O) groups is 1. The first-order valence-corrected chi connectivity index (χ1v) is 15.5. The molecule has 2 aliphatic heterocycles. The summed E-state index contributed by atoms with van der Waals surface area (Å²) >= 11 is 0. The number of sulfonamides is 1. The van der Waals surface area contributed by atoms with Gasteiger partial charge in [0.15, 0.2) is 11.4 Å². The Labute approximate surface area is 236 Å². The molecule has 13 heteroatoms. The van der Waals surface area contributed by atoms with E-state index in [1.807, 2.05) is 0 Å². The molecule has 0 atom stereocenters. The summed E-state index contributed by atoms with van der Waals surface area (Å²) in [5, 5.41) is 16.7. The molecular formula is C28H33F2N5O5S. The van der Waals surface area contributed by atoms with Crippen LogP contribution >= 0.6 is 0 Å². The minimum Gasteiger partial charge on any atom is -0.395 e. The summed E-state index contributed by atoms with van der Waals surface area (Å²) in [7, 11) is -3.74. The third-order valence-corrected chi connectivity index (χ3v) is 9.77. The number of benzene rings is 2. The second kappa shape index (κ2) is 10.4. The number of hydrogen-bond donors (Lipinski definition) is 3.